The minimum atomic E-state index is -0.354. The maximum Gasteiger partial charge on any atom is 0.253 e. The zero-order chi connectivity index (χ0) is 16.7. The van der Waals surface area contributed by atoms with Crippen molar-refractivity contribution in [1.29, 1.82) is 0 Å². The summed E-state index contributed by atoms with van der Waals surface area (Å²) >= 11 is 6.24. The van der Waals surface area contributed by atoms with Gasteiger partial charge in [-0.2, -0.15) is 0 Å². The number of ether oxygens (including phenoxy) is 1. The van der Waals surface area contributed by atoms with E-state index < -0.39 is 0 Å². The van der Waals surface area contributed by atoms with Crippen LogP contribution in [0, 0.1) is 0 Å². The Morgan fingerprint density at radius 2 is 2.29 bits per heavy atom. The Morgan fingerprint density at radius 1 is 1.46 bits per heavy atom. The number of carbonyl (C=O) groups is 1. The molecule has 2 aromatic rings. The minimum Gasteiger partial charge on any atom is -0.366 e. The minimum absolute atomic E-state index is 0.106. The summed E-state index contributed by atoms with van der Waals surface area (Å²) < 4.78 is 7.68. The largest absolute Gasteiger partial charge is 0.366 e. The van der Waals surface area contributed by atoms with Crippen molar-refractivity contribution in [1.82, 2.24) is 14.8 Å². The lowest BCUT2D eigenvalue weighted by Crippen LogP contribution is -2.49. The number of nitrogens with zero attached hydrogens (tertiary/aromatic N) is 2. The summed E-state index contributed by atoms with van der Waals surface area (Å²) in [6.45, 7) is 2.65. The van der Waals surface area contributed by atoms with E-state index in [2.05, 4.69) is 17.4 Å². The lowest BCUT2D eigenvalue weighted by Gasteiger charge is -2.30. The maximum atomic E-state index is 12.9. The fourth-order valence-corrected chi connectivity index (χ4v) is 3.66. The Morgan fingerprint density at radius 3 is 3.00 bits per heavy atom. The molecular formula is C18H22ClN3O2. The Kier molecular flexibility index (Phi) is 4.24. The van der Waals surface area contributed by atoms with Crippen molar-refractivity contribution < 1.29 is 9.53 Å². The predicted molar refractivity (Wildman–Crippen MR) is 94.1 cm³/mol. The molecular weight excluding hydrogens is 326 g/mol. The molecule has 1 N–H and O–H groups in total. The van der Waals surface area contributed by atoms with Crippen molar-refractivity contribution >= 4 is 28.4 Å². The number of amides is 1. The van der Waals surface area contributed by atoms with E-state index in [1.165, 1.54) is 0 Å². The molecule has 1 aromatic heterocycles. The molecule has 1 aromatic carbocycles. The fourth-order valence-electron chi connectivity index (χ4n) is 3.36. The summed E-state index contributed by atoms with van der Waals surface area (Å²) in [6.07, 6.45) is 3.74. The second-order valence-electron chi connectivity index (χ2n) is 6.70. The molecule has 2 aliphatic rings. The normalized spacial score (nSPS) is 21.2. The van der Waals surface area contributed by atoms with Crippen LogP contribution >= 0.6 is 11.6 Å². The topological polar surface area (TPSA) is 46.5 Å². The van der Waals surface area contributed by atoms with Crippen LogP contribution in [0.5, 0.6) is 0 Å². The average molecular weight is 348 g/mol. The highest BCUT2D eigenvalue weighted by Gasteiger charge is 2.36. The molecule has 0 radical (unpaired) electrons. The van der Waals surface area contributed by atoms with Gasteiger partial charge in [-0.3, -0.25) is 4.79 Å². The SMILES string of the molecule is Cn1cc(Cl)c2ccc(CN(C(=O)C3CNCCO3)C3CC3)cc21. The smallest absolute Gasteiger partial charge is 0.253 e. The van der Waals surface area contributed by atoms with Crippen molar-refractivity contribution in [2.45, 2.75) is 31.5 Å². The van der Waals surface area contributed by atoms with Crippen molar-refractivity contribution in [2.24, 2.45) is 7.05 Å². The Balaban J connectivity index is 1.56. The molecule has 5 nitrogen and oxygen atoms in total. The van der Waals surface area contributed by atoms with Gasteiger partial charge >= 0.3 is 0 Å². The number of nitrogens with one attached hydrogen (secondary N) is 1. The van der Waals surface area contributed by atoms with Gasteiger partial charge in [0.1, 0.15) is 6.10 Å². The van der Waals surface area contributed by atoms with Crippen LogP contribution in [-0.4, -0.2) is 47.2 Å². The maximum absolute atomic E-state index is 12.9. The third kappa shape index (κ3) is 3.04. The number of hydrogen-bond acceptors (Lipinski definition) is 3. The molecule has 128 valence electrons. The van der Waals surface area contributed by atoms with Crippen molar-refractivity contribution in [3.05, 3.63) is 35.0 Å². The number of aromatic nitrogens is 1. The van der Waals surface area contributed by atoms with Crippen molar-refractivity contribution in [3.8, 4) is 0 Å². The first-order chi connectivity index (χ1) is 11.6. The third-order valence-electron chi connectivity index (χ3n) is 4.83. The zero-order valence-corrected chi connectivity index (χ0v) is 14.6. The van der Waals surface area contributed by atoms with Crippen LogP contribution in [0.25, 0.3) is 10.9 Å². The van der Waals surface area contributed by atoms with Crippen LogP contribution in [0.15, 0.2) is 24.4 Å². The van der Waals surface area contributed by atoms with E-state index in [1.807, 2.05) is 28.8 Å². The first-order valence-corrected chi connectivity index (χ1v) is 8.87. The summed E-state index contributed by atoms with van der Waals surface area (Å²) in [5, 5.41) is 5.05. The second-order valence-corrected chi connectivity index (χ2v) is 7.11. The van der Waals surface area contributed by atoms with Gasteiger partial charge in [-0.15, -0.1) is 0 Å². The van der Waals surface area contributed by atoms with Gasteiger partial charge in [0.2, 0.25) is 0 Å². The highest BCUT2D eigenvalue weighted by atomic mass is 35.5. The van der Waals surface area contributed by atoms with E-state index in [0.29, 0.717) is 25.7 Å². The van der Waals surface area contributed by atoms with E-state index in [9.17, 15) is 4.79 Å². The second kappa shape index (κ2) is 6.39. The number of hydrogen-bond donors (Lipinski definition) is 1. The number of halogens is 1. The number of aryl methyl sites for hydroxylation is 1. The highest BCUT2D eigenvalue weighted by Crippen LogP contribution is 2.31. The highest BCUT2D eigenvalue weighted by molar-refractivity contribution is 6.35. The van der Waals surface area contributed by atoms with Crippen molar-refractivity contribution in [2.75, 3.05) is 19.7 Å². The predicted octanol–water partition coefficient (Wildman–Crippen LogP) is 2.31. The molecule has 4 rings (SSSR count). The van der Waals surface area contributed by atoms with Gasteiger partial charge in [0.15, 0.2) is 0 Å². The van der Waals surface area contributed by atoms with E-state index in [4.69, 9.17) is 16.3 Å². The fraction of sp³-hybridized carbons (Fsp3) is 0.500. The van der Waals surface area contributed by atoms with Crippen LogP contribution < -0.4 is 5.32 Å². The van der Waals surface area contributed by atoms with Gasteiger partial charge in [-0.1, -0.05) is 23.7 Å². The van der Waals surface area contributed by atoms with Gasteiger partial charge in [-0.25, -0.2) is 0 Å². The molecule has 1 amide bonds. The molecule has 1 atom stereocenters. The van der Waals surface area contributed by atoms with Crippen LogP contribution in [0.1, 0.15) is 18.4 Å². The summed E-state index contributed by atoms with van der Waals surface area (Å²) in [7, 11) is 1.99. The third-order valence-corrected chi connectivity index (χ3v) is 5.13. The van der Waals surface area contributed by atoms with E-state index in [-0.39, 0.29) is 12.0 Å². The molecule has 1 unspecified atom stereocenters. The van der Waals surface area contributed by atoms with Crippen LogP contribution in [0.2, 0.25) is 5.02 Å². The zero-order valence-electron chi connectivity index (χ0n) is 13.8. The van der Waals surface area contributed by atoms with Gasteiger partial charge in [0, 0.05) is 49.8 Å². The molecule has 2 fully saturated rings. The molecule has 1 aliphatic heterocycles. The van der Waals surface area contributed by atoms with Crippen molar-refractivity contribution in [3.63, 3.8) is 0 Å². The molecule has 2 heterocycles. The van der Waals surface area contributed by atoms with E-state index >= 15 is 0 Å². The Hall–Kier alpha value is -1.56. The van der Waals surface area contributed by atoms with E-state index in [1.54, 1.807) is 0 Å². The monoisotopic (exact) mass is 347 g/mol. The summed E-state index contributed by atoms with van der Waals surface area (Å²) in [6, 6.07) is 6.60. The summed E-state index contributed by atoms with van der Waals surface area (Å²) in [4.78, 5) is 14.8. The standard InChI is InChI=1S/C18H22ClN3O2/c1-21-11-15(19)14-5-2-12(8-16(14)21)10-22(13-3-4-13)18(23)17-9-20-6-7-24-17/h2,5,8,11,13,17,20H,3-4,6-7,9-10H2,1H3. The number of carbonyl (C=O) groups excluding carboxylic acids is 1. The van der Waals surface area contributed by atoms with Crippen LogP contribution in [0.3, 0.4) is 0 Å². The molecule has 24 heavy (non-hydrogen) atoms. The van der Waals surface area contributed by atoms with Gasteiger partial charge in [0.05, 0.1) is 11.6 Å². The average Bonchev–Trinajstić information content (AvgIpc) is 3.40. The molecule has 1 saturated heterocycles. The molecule has 0 spiro atoms. The quantitative estimate of drug-likeness (QED) is 0.923. The summed E-state index contributed by atoms with van der Waals surface area (Å²) in [5.74, 6) is 0.106. The molecule has 6 heteroatoms. The number of morpholine rings is 1. The first kappa shape index (κ1) is 15.9. The molecule has 1 aliphatic carbocycles. The molecule has 0 bridgehead atoms. The van der Waals surface area contributed by atoms with Gasteiger partial charge < -0.3 is 19.5 Å². The van der Waals surface area contributed by atoms with Crippen LogP contribution in [-0.2, 0) is 23.1 Å². The number of fused-ring (bicyclic) bond motifs is 1. The number of rotatable bonds is 4. The first-order valence-electron chi connectivity index (χ1n) is 8.50. The molecule has 1 saturated carbocycles. The lowest BCUT2D eigenvalue weighted by atomic mass is 10.1. The lowest BCUT2D eigenvalue weighted by molar-refractivity contribution is -0.146. The Labute approximate surface area is 146 Å². The van der Waals surface area contributed by atoms with Gasteiger partial charge in [0.25, 0.3) is 5.91 Å². The van der Waals surface area contributed by atoms with E-state index in [0.717, 1.165) is 40.9 Å². The number of benzene rings is 1. The Bertz CT molecular complexity index is 763. The van der Waals surface area contributed by atoms with Gasteiger partial charge in [-0.05, 0) is 24.5 Å². The summed E-state index contributed by atoms with van der Waals surface area (Å²) in [5.41, 5.74) is 2.22. The van der Waals surface area contributed by atoms with Crippen LogP contribution in [0.4, 0.5) is 0 Å².